The largest absolute Gasteiger partial charge is 0.388 e. The van der Waals surface area contributed by atoms with Gasteiger partial charge in [-0.3, -0.25) is 5.41 Å². The van der Waals surface area contributed by atoms with Gasteiger partial charge in [0.25, 0.3) is 0 Å². The number of nitrogens with zero attached hydrogens (tertiary/aromatic N) is 1. The fraction of sp³-hybridized carbons (Fsp3) is 0.333. The Bertz CT molecular complexity index is 218. The molecule has 0 saturated carbocycles. The van der Waals surface area contributed by atoms with Crippen LogP contribution in [0, 0.1) is 5.41 Å². The van der Waals surface area contributed by atoms with Crippen molar-refractivity contribution in [2.75, 3.05) is 5.75 Å². The number of H-pyrrole nitrogens is 1. The van der Waals surface area contributed by atoms with Crippen LogP contribution in [0.2, 0.25) is 0 Å². The minimum Gasteiger partial charge on any atom is -0.388 e. The SMILES string of the molecule is N=C(N)CCSc1ncc[nH]1. The molecule has 1 heterocycles. The van der Waals surface area contributed by atoms with E-state index in [1.165, 1.54) is 0 Å². The Hall–Kier alpha value is -0.970. The van der Waals surface area contributed by atoms with Gasteiger partial charge >= 0.3 is 0 Å². The molecule has 4 N–H and O–H groups in total. The molecule has 0 fully saturated rings. The van der Waals surface area contributed by atoms with Crippen LogP contribution in [0.15, 0.2) is 17.6 Å². The van der Waals surface area contributed by atoms with Crippen molar-refractivity contribution in [2.24, 2.45) is 5.73 Å². The molecule has 0 saturated heterocycles. The normalized spacial score (nSPS) is 9.82. The summed E-state index contributed by atoms with van der Waals surface area (Å²) in [5, 5.41) is 7.84. The van der Waals surface area contributed by atoms with Crippen molar-refractivity contribution in [1.82, 2.24) is 9.97 Å². The van der Waals surface area contributed by atoms with Crippen molar-refractivity contribution in [3.63, 3.8) is 0 Å². The van der Waals surface area contributed by atoms with Gasteiger partial charge in [-0.05, 0) is 0 Å². The van der Waals surface area contributed by atoms with E-state index in [1.807, 2.05) is 0 Å². The molecule has 0 unspecified atom stereocenters. The topological polar surface area (TPSA) is 78.6 Å². The van der Waals surface area contributed by atoms with E-state index in [-0.39, 0.29) is 5.84 Å². The molecule has 0 aromatic carbocycles. The fourth-order valence-corrected chi connectivity index (χ4v) is 1.39. The Morgan fingerprint density at radius 2 is 2.64 bits per heavy atom. The smallest absolute Gasteiger partial charge is 0.165 e. The predicted molar refractivity (Wildman–Crippen MR) is 45.8 cm³/mol. The molecule has 0 aliphatic carbocycles. The average Bonchev–Trinajstić information content (AvgIpc) is 2.39. The summed E-state index contributed by atoms with van der Waals surface area (Å²) in [4.78, 5) is 6.96. The van der Waals surface area contributed by atoms with Crippen LogP contribution in [0.1, 0.15) is 6.42 Å². The van der Waals surface area contributed by atoms with E-state index in [9.17, 15) is 0 Å². The Balaban J connectivity index is 2.19. The number of aromatic amines is 1. The second-order valence-corrected chi connectivity index (χ2v) is 3.10. The maximum atomic E-state index is 6.96. The maximum Gasteiger partial charge on any atom is 0.165 e. The Morgan fingerprint density at radius 1 is 1.82 bits per heavy atom. The van der Waals surface area contributed by atoms with Gasteiger partial charge in [0.1, 0.15) is 0 Å². The lowest BCUT2D eigenvalue weighted by atomic mass is 10.5. The third-order valence-electron chi connectivity index (χ3n) is 1.08. The first-order chi connectivity index (χ1) is 5.29. The Labute approximate surface area is 69.1 Å². The third kappa shape index (κ3) is 3.08. The van der Waals surface area contributed by atoms with Crippen LogP contribution in [-0.4, -0.2) is 21.6 Å². The van der Waals surface area contributed by atoms with Crippen molar-refractivity contribution < 1.29 is 0 Å². The zero-order valence-electron chi connectivity index (χ0n) is 6.00. The summed E-state index contributed by atoms with van der Waals surface area (Å²) in [7, 11) is 0. The van der Waals surface area contributed by atoms with Crippen LogP contribution in [-0.2, 0) is 0 Å². The fourth-order valence-electron chi connectivity index (χ4n) is 0.587. The summed E-state index contributed by atoms with van der Waals surface area (Å²) in [6, 6.07) is 0. The molecule has 1 rings (SSSR count). The van der Waals surface area contributed by atoms with Gasteiger partial charge in [-0.25, -0.2) is 4.98 Å². The maximum absolute atomic E-state index is 6.96. The van der Waals surface area contributed by atoms with Crippen LogP contribution in [0.25, 0.3) is 0 Å². The first kappa shape index (κ1) is 8.13. The van der Waals surface area contributed by atoms with E-state index in [2.05, 4.69) is 9.97 Å². The van der Waals surface area contributed by atoms with E-state index < -0.39 is 0 Å². The molecule has 0 aliphatic heterocycles. The molecule has 0 bridgehead atoms. The van der Waals surface area contributed by atoms with Gasteiger partial charge in [-0.15, -0.1) is 0 Å². The van der Waals surface area contributed by atoms with E-state index in [4.69, 9.17) is 11.1 Å². The number of thioether (sulfide) groups is 1. The number of amidine groups is 1. The van der Waals surface area contributed by atoms with E-state index in [0.29, 0.717) is 6.42 Å². The highest BCUT2D eigenvalue weighted by Gasteiger charge is 1.95. The second-order valence-electron chi connectivity index (χ2n) is 2.02. The van der Waals surface area contributed by atoms with E-state index in [0.717, 1.165) is 10.9 Å². The lowest BCUT2D eigenvalue weighted by Crippen LogP contribution is -2.09. The highest BCUT2D eigenvalue weighted by molar-refractivity contribution is 7.99. The monoisotopic (exact) mass is 170 g/mol. The molecule has 1 aromatic rings. The number of hydrogen-bond acceptors (Lipinski definition) is 3. The molecule has 5 heteroatoms. The molecule has 11 heavy (non-hydrogen) atoms. The summed E-state index contributed by atoms with van der Waals surface area (Å²) >= 11 is 1.57. The summed E-state index contributed by atoms with van der Waals surface area (Å²) in [6.45, 7) is 0. The van der Waals surface area contributed by atoms with Crippen molar-refractivity contribution in [2.45, 2.75) is 11.6 Å². The molecular formula is C6H10N4S. The molecule has 0 spiro atoms. The molecule has 1 aromatic heterocycles. The molecule has 0 aliphatic rings. The summed E-state index contributed by atoms with van der Waals surface area (Å²) in [5.74, 6) is 1.03. The third-order valence-corrected chi connectivity index (χ3v) is 1.99. The van der Waals surface area contributed by atoms with Gasteiger partial charge in [0, 0.05) is 24.6 Å². The number of imidazole rings is 1. The molecule has 4 nitrogen and oxygen atoms in total. The number of nitrogens with one attached hydrogen (secondary N) is 2. The van der Waals surface area contributed by atoms with Crippen molar-refractivity contribution in [3.8, 4) is 0 Å². The van der Waals surface area contributed by atoms with Gasteiger partial charge < -0.3 is 10.7 Å². The molecule has 60 valence electrons. The van der Waals surface area contributed by atoms with Crippen LogP contribution >= 0.6 is 11.8 Å². The second kappa shape index (κ2) is 4.02. The highest BCUT2D eigenvalue weighted by atomic mass is 32.2. The average molecular weight is 170 g/mol. The van der Waals surface area contributed by atoms with Crippen molar-refractivity contribution in [1.29, 1.82) is 5.41 Å². The minimum atomic E-state index is 0.226. The summed E-state index contributed by atoms with van der Waals surface area (Å²) in [6.07, 6.45) is 4.09. The van der Waals surface area contributed by atoms with Crippen molar-refractivity contribution >= 4 is 17.6 Å². The van der Waals surface area contributed by atoms with Gasteiger partial charge in [-0.1, -0.05) is 11.8 Å². The van der Waals surface area contributed by atoms with Gasteiger partial charge in [0.05, 0.1) is 5.84 Å². The standard InChI is InChI=1S/C6H10N4S/c7-5(8)1-4-11-6-9-2-3-10-6/h2-3H,1,4H2,(H3,7,8)(H,9,10). The Kier molecular flexibility index (Phi) is 2.97. The van der Waals surface area contributed by atoms with Gasteiger partial charge in [0.2, 0.25) is 0 Å². The van der Waals surface area contributed by atoms with Crippen LogP contribution < -0.4 is 5.73 Å². The van der Waals surface area contributed by atoms with Gasteiger partial charge in [0.15, 0.2) is 5.16 Å². The van der Waals surface area contributed by atoms with Gasteiger partial charge in [-0.2, -0.15) is 0 Å². The first-order valence-electron chi connectivity index (χ1n) is 3.24. The van der Waals surface area contributed by atoms with Crippen LogP contribution in [0.5, 0.6) is 0 Å². The number of nitrogens with two attached hydrogens (primary N) is 1. The lowest BCUT2D eigenvalue weighted by Gasteiger charge is -1.94. The quantitative estimate of drug-likeness (QED) is 0.356. The molecule has 0 atom stereocenters. The molecular weight excluding hydrogens is 160 g/mol. The van der Waals surface area contributed by atoms with E-state index >= 15 is 0 Å². The van der Waals surface area contributed by atoms with Crippen molar-refractivity contribution in [3.05, 3.63) is 12.4 Å². The minimum absolute atomic E-state index is 0.226. The lowest BCUT2D eigenvalue weighted by molar-refractivity contribution is 1.05. The highest BCUT2D eigenvalue weighted by Crippen LogP contribution is 2.11. The molecule has 0 amide bonds. The van der Waals surface area contributed by atoms with Crippen LogP contribution in [0.4, 0.5) is 0 Å². The number of hydrogen-bond donors (Lipinski definition) is 3. The van der Waals surface area contributed by atoms with Crippen LogP contribution in [0.3, 0.4) is 0 Å². The number of rotatable bonds is 4. The molecule has 0 radical (unpaired) electrons. The predicted octanol–water partition coefficient (Wildman–Crippen LogP) is 0.828. The zero-order chi connectivity index (χ0) is 8.10. The Morgan fingerprint density at radius 3 is 3.18 bits per heavy atom. The first-order valence-corrected chi connectivity index (χ1v) is 4.22. The summed E-state index contributed by atoms with van der Waals surface area (Å²) < 4.78 is 0. The zero-order valence-corrected chi connectivity index (χ0v) is 6.82. The number of aromatic nitrogens is 2. The van der Waals surface area contributed by atoms with E-state index in [1.54, 1.807) is 24.2 Å². The summed E-state index contributed by atoms with van der Waals surface area (Å²) in [5.41, 5.74) is 5.17.